The van der Waals surface area contributed by atoms with Gasteiger partial charge in [-0.3, -0.25) is 0 Å². The van der Waals surface area contributed by atoms with Crippen molar-refractivity contribution < 1.29 is 4.39 Å². The zero-order valence-electron chi connectivity index (χ0n) is 10.8. The van der Waals surface area contributed by atoms with Crippen molar-refractivity contribution >= 4 is 22.9 Å². The van der Waals surface area contributed by atoms with Crippen molar-refractivity contribution in [1.82, 2.24) is 0 Å². The molecular weight excluding hydrogens is 247 g/mol. The Morgan fingerprint density at radius 1 is 1.50 bits per heavy atom. The van der Waals surface area contributed by atoms with E-state index in [1.165, 1.54) is 18.9 Å². The molecule has 0 aliphatic heterocycles. The summed E-state index contributed by atoms with van der Waals surface area (Å²) in [5, 5.41) is 0. The molecule has 0 aromatic heterocycles. The number of rotatable bonds is 5. The first-order valence-corrected chi connectivity index (χ1v) is 6.76. The summed E-state index contributed by atoms with van der Waals surface area (Å²) in [7, 11) is 0. The van der Waals surface area contributed by atoms with Gasteiger partial charge in [0.1, 0.15) is 10.8 Å². The van der Waals surface area contributed by atoms with Gasteiger partial charge in [-0.1, -0.05) is 32.1 Å². The molecule has 1 saturated carbocycles. The van der Waals surface area contributed by atoms with Crippen LogP contribution in [0.15, 0.2) is 18.2 Å². The highest BCUT2D eigenvalue weighted by atomic mass is 32.1. The van der Waals surface area contributed by atoms with Gasteiger partial charge in [-0.25, -0.2) is 4.39 Å². The molecule has 2 rings (SSSR count). The molecule has 1 aromatic carbocycles. The summed E-state index contributed by atoms with van der Waals surface area (Å²) in [5.74, 6) is 0.197. The first kappa shape index (κ1) is 13.3. The van der Waals surface area contributed by atoms with Crippen molar-refractivity contribution in [2.24, 2.45) is 11.7 Å². The molecular formula is C14H19FN2S. The first-order valence-electron chi connectivity index (χ1n) is 6.35. The van der Waals surface area contributed by atoms with E-state index in [9.17, 15) is 4.39 Å². The van der Waals surface area contributed by atoms with Crippen molar-refractivity contribution in [2.45, 2.75) is 32.7 Å². The number of halogens is 1. The van der Waals surface area contributed by atoms with Crippen molar-refractivity contribution in [3.05, 3.63) is 29.6 Å². The summed E-state index contributed by atoms with van der Waals surface area (Å²) in [4.78, 5) is 2.39. The Labute approximate surface area is 113 Å². The number of nitrogens with two attached hydrogens (primary N) is 1. The molecule has 0 amide bonds. The smallest absolute Gasteiger partial charge is 0.135 e. The lowest BCUT2D eigenvalue weighted by Gasteiger charge is -2.28. The SMILES string of the molecule is CC(C)CN(c1cccc(F)c1C(N)=S)C1CC1. The van der Waals surface area contributed by atoms with E-state index in [1.807, 2.05) is 6.07 Å². The van der Waals surface area contributed by atoms with Gasteiger partial charge in [0.05, 0.1) is 11.3 Å². The van der Waals surface area contributed by atoms with Crippen LogP contribution in [0.4, 0.5) is 10.1 Å². The molecule has 98 valence electrons. The molecule has 0 unspecified atom stereocenters. The van der Waals surface area contributed by atoms with E-state index in [1.54, 1.807) is 6.07 Å². The van der Waals surface area contributed by atoms with E-state index in [0.717, 1.165) is 12.2 Å². The van der Waals surface area contributed by atoms with Crippen LogP contribution in [-0.4, -0.2) is 17.6 Å². The van der Waals surface area contributed by atoms with Crippen LogP contribution in [0.1, 0.15) is 32.3 Å². The molecule has 1 aliphatic rings. The molecule has 0 saturated heterocycles. The number of nitrogens with zero attached hydrogens (tertiary/aromatic N) is 1. The van der Waals surface area contributed by atoms with Gasteiger partial charge in [0.15, 0.2) is 0 Å². The molecule has 1 aromatic rings. The lowest BCUT2D eigenvalue weighted by atomic mass is 10.1. The Balaban J connectivity index is 2.40. The normalized spacial score (nSPS) is 14.9. The summed E-state index contributed by atoms with van der Waals surface area (Å²) >= 11 is 4.99. The number of hydrogen-bond donors (Lipinski definition) is 1. The number of thiocarbonyl (C=S) groups is 1. The van der Waals surface area contributed by atoms with Crippen LogP contribution >= 0.6 is 12.2 Å². The Morgan fingerprint density at radius 3 is 2.67 bits per heavy atom. The van der Waals surface area contributed by atoms with Crippen LogP contribution in [0.25, 0.3) is 0 Å². The Morgan fingerprint density at radius 2 is 2.17 bits per heavy atom. The first-order chi connectivity index (χ1) is 8.50. The lowest BCUT2D eigenvalue weighted by molar-refractivity contribution is 0.598. The summed E-state index contributed by atoms with van der Waals surface area (Å²) in [5.41, 5.74) is 6.90. The average Bonchev–Trinajstić information content (AvgIpc) is 3.08. The van der Waals surface area contributed by atoms with Gasteiger partial charge < -0.3 is 10.6 Å². The van der Waals surface area contributed by atoms with Crippen molar-refractivity contribution in [3.8, 4) is 0 Å². The van der Waals surface area contributed by atoms with E-state index in [-0.39, 0.29) is 10.8 Å². The van der Waals surface area contributed by atoms with Crippen molar-refractivity contribution in [1.29, 1.82) is 0 Å². The second-order valence-corrected chi connectivity index (χ2v) is 5.72. The summed E-state index contributed by atoms with van der Waals surface area (Å²) in [6, 6.07) is 5.57. The third kappa shape index (κ3) is 2.80. The molecule has 0 heterocycles. The number of hydrogen-bond acceptors (Lipinski definition) is 2. The quantitative estimate of drug-likeness (QED) is 0.830. The molecule has 1 fully saturated rings. The Kier molecular flexibility index (Phi) is 3.85. The van der Waals surface area contributed by atoms with Crippen LogP contribution in [0.5, 0.6) is 0 Å². The molecule has 2 N–H and O–H groups in total. The molecule has 0 atom stereocenters. The van der Waals surface area contributed by atoms with Crippen LogP contribution in [0.2, 0.25) is 0 Å². The van der Waals surface area contributed by atoms with Crippen LogP contribution in [-0.2, 0) is 0 Å². The molecule has 18 heavy (non-hydrogen) atoms. The third-order valence-corrected chi connectivity index (χ3v) is 3.30. The average molecular weight is 266 g/mol. The molecule has 0 radical (unpaired) electrons. The highest BCUT2D eigenvalue weighted by Gasteiger charge is 2.31. The zero-order valence-corrected chi connectivity index (χ0v) is 11.6. The van der Waals surface area contributed by atoms with Crippen LogP contribution in [0, 0.1) is 11.7 Å². The van der Waals surface area contributed by atoms with Crippen molar-refractivity contribution in [2.75, 3.05) is 11.4 Å². The lowest BCUT2D eigenvalue weighted by Crippen LogP contribution is -2.32. The standard InChI is InChI=1S/C14H19FN2S/c1-9(2)8-17(10-6-7-10)12-5-3-4-11(15)13(12)14(16)18/h3-5,9-10H,6-8H2,1-2H3,(H2,16,18). The van der Waals surface area contributed by atoms with Gasteiger partial charge in [-0.05, 0) is 30.9 Å². The van der Waals surface area contributed by atoms with Gasteiger partial charge in [0.25, 0.3) is 0 Å². The van der Waals surface area contributed by atoms with Gasteiger partial charge in [0, 0.05) is 12.6 Å². The van der Waals surface area contributed by atoms with E-state index in [0.29, 0.717) is 17.5 Å². The van der Waals surface area contributed by atoms with Gasteiger partial charge >= 0.3 is 0 Å². The summed E-state index contributed by atoms with van der Waals surface area (Å²) in [6.45, 7) is 5.23. The third-order valence-electron chi connectivity index (χ3n) is 3.10. The Hall–Kier alpha value is -1.16. The van der Waals surface area contributed by atoms with Gasteiger partial charge in [0.2, 0.25) is 0 Å². The highest BCUT2D eigenvalue weighted by Crippen LogP contribution is 2.35. The topological polar surface area (TPSA) is 29.3 Å². The molecule has 0 spiro atoms. The van der Waals surface area contributed by atoms with E-state index < -0.39 is 0 Å². The largest absolute Gasteiger partial charge is 0.389 e. The highest BCUT2D eigenvalue weighted by molar-refractivity contribution is 7.80. The maximum atomic E-state index is 13.9. The minimum absolute atomic E-state index is 0.137. The van der Waals surface area contributed by atoms with E-state index in [2.05, 4.69) is 18.7 Å². The summed E-state index contributed by atoms with van der Waals surface area (Å²) < 4.78 is 13.9. The predicted octanol–water partition coefficient (Wildman–Crippen LogP) is 3.08. The maximum Gasteiger partial charge on any atom is 0.135 e. The minimum Gasteiger partial charge on any atom is -0.389 e. The minimum atomic E-state index is -0.325. The van der Waals surface area contributed by atoms with Gasteiger partial charge in [-0.15, -0.1) is 0 Å². The van der Waals surface area contributed by atoms with Gasteiger partial charge in [-0.2, -0.15) is 0 Å². The second-order valence-electron chi connectivity index (χ2n) is 5.28. The Bertz CT molecular complexity index is 455. The molecule has 2 nitrogen and oxygen atoms in total. The predicted molar refractivity (Wildman–Crippen MR) is 77.5 cm³/mol. The van der Waals surface area contributed by atoms with Crippen LogP contribution < -0.4 is 10.6 Å². The molecule has 4 heteroatoms. The fraction of sp³-hybridized carbons (Fsp3) is 0.500. The fourth-order valence-electron chi connectivity index (χ4n) is 2.22. The number of anilines is 1. The second kappa shape index (κ2) is 5.22. The number of benzene rings is 1. The zero-order chi connectivity index (χ0) is 13.3. The molecule has 0 bridgehead atoms. The van der Waals surface area contributed by atoms with E-state index in [4.69, 9.17) is 18.0 Å². The summed E-state index contributed by atoms with van der Waals surface area (Å²) in [6.07, 6.45) is 2.33. The van der Waals surface area contributed by atoms with Crippen LogP contribution in [0.3, 0.4) is 0 Å². The maximum absolute atomic E-state index is 13.9. The fourth-order valence-corrected chi connectivity index (χ4v) is 2.42. The monoisotopic (exact) mass is 266 g/mol. The van der Waals surface area contributed by atoms with E-state index >= 15 is 0 Å². The van der Waals surface area contributed by atoms with Crippen molar-refractivity contribution in [3.63, 3.8) is 0 Å². The molecule has 1 aliphatic carbocycles.